The van der Waals surface area contributed by atoms with Crippen LogP contribution in [0.3, 0.4) is 0 Å². The van der Waals surface area contributed by atoms with Crippen LogP contribution in [0.2, 0.25) is 0 Å². The Morgan fingerprint density at radius 2 is 0.575 bits per heavy atom. The van der Waals surface area contributed by atoms with E-state index >= 15 is 0 Å². The van der Waals surface area contributed by atoms with Crippen molar-refractivity contribution in [2.45, 2.75) is 105 Å². The normalized spacial score (nSPS) is 13.5. The van der Waals surface area contributed by atoms with E-state index in [1.54, 1.807) is 0 Å². The number of rotatable bonds is 4. The van der Waals surface area contributed by atoms with E-state index in [9.17, 15) is 0 Å². The van der Waals surface area contributed by atoms with E-state index in [1.165, 1.54) is 138 Å². The molecule has 2 aliphatic heterocycles. The van der Waals surface area contributed by atoms with Crippen LogP contribution in [0.5, 0.6) is 0 Å². The van der Waals surface area contributed by atoms with Gasteiger partial charge in [-0.25, -0.2) is 0 Å². The summed E-state index contributed by atoms with van der Waals surface area (Å²) in [5, 5.41) is 5.16. The third-order valence-electron chi connectivity index (χ3n) is 16.6. The molecule has 73 heavy (non-hydrogen) atoms. The molecule has 0 unspecified atom stereocenters. The highest BCUT2D eigenvalue weighted by Crippen LogP contribution is 2.44. The van der Waals surface area contributed by atoms with Crippen LogP contribution in [0, 0.1) is 0 Å². The van der Waals surface area contributed by atoms with Crippen molar-refractivity contribution in [3.63, 3.8) is 0 Å². The molecule has 2 nitrogen and oxygen atoms in total. The van der Waals surface area contributed by atoms with Crippen LogP contribution < -0.4 is 16.4 Å². The fourth-order valence-corrected chi connectivity index (χ4v) is 12.3. The predicted molar refractivity (Wildman–Crippen MR) is 316 cm³/mol. The number of hydrogen-bond acceptors (Lipinski definition) is 0. The highest BCUT2D eigenvalue weighted by atomic mass is 15.0. The molecule has 358 valence electrons. The molecule has 2 aromatic heterocycles. The van der Waals surface area contributed by atoms with Gasteiger partial charge >= 0.3 is 0 Å². The molecule has 0 radical (unpaired) electrons. The molecule has 4 heterocycles. The summed E-state index contributed by atoms with van der Waals surface area (Å²) < 4.78 is 5.22. The van der Waals surface area contributed by atoms with Gasteiger partial charge in [-0.2, -0.15) is 0 Å². The maximum atomic E-state index is 2.61. The van der Waals surface area contributed by atoms with Crippen molar-refractivity contribution < 1.29 is 0 Å². The quantitative estimate of drug-likeness (QED) is 0.156. The van der Waals surface area contributed by atoms with Crippen molar-refractivity contribution >= 4 is 66.7 Å². The topological polar surface area (TPSA) is 9.86 Å². The zero-order valence-electron chi connectivity index (χ0n) is 44.7. The summed E-state index contributed by atoms with van der Waals surface area (Å²) in [6, 6.07) is 68.8. The van der Waals surface area contributed by atoms with Gasteiger partial charge in [0.2, 0.25) is 0 Å². The Morgan fingerprint density at radius 3 is 0.890 bits per heavy atom. The van der Waals surface area contributed by atoms with Gasteiger partial charge in [0, 0.05) is 44.0 Å². The van der Waals surface area contributed by atoms with Gasteiger partial charge in [-0.05, 0) is 153 Å². The Hall–Kier alpha value is -7.36. The SMILES string of the molecule is CC(C)(C)c1ccc(-c2ccc3c(c2)c2cc(-c4ccc(C(C)(C)C)cc4)cc4c2n3-c2cccc3c2B4c2cc(-c4ccc(C(C)(C)C)cc4)cc4c5cc(-c6ccc(C(C)(C)C)cc6)ccc5n-3c24)cc1. The lowest BCUT2D eigenvalue weighted by atomic mass is 9.34. The van der Waals surface area contributed by atoms with E-state index in [1.807, 2.05) is 0 Å². The number of nitrogens with zero attached hydrogens (tertiary/aromatic N) is 2. The standard InChI is InChI=1S/C70H65BN2/c1-67(2,3)50-26-16-42(17-27-50)46-24-34-60-54(36-46)56-38-48(44-20-30-52(31-21-44)69(7,8)9)40-58-65(56)72(60)62-14-13-15-63-64(62)71(58)59-41-49(45-22-32-53(33-23-45)70(10,11)12)39-57-55-37-47(25-35-61(55)73(63)66(57)59)43-18-28-51(29-19-43)68(4,5)6/h13-41H,1-12H3. The highest BCUT2D eigenvalue weighted by Gasteiger charge is 2.41. The van der Waals surface area contributed by atoms with Crippen molar-refractivity contribution in [3.8, 4) is 55.9 Å². The van der Waals surface area contributed by atoms with Crippen molar-refractivity contribution in [2.24, 2.45) is 0 Å². The van der Waals surface area contributed by atoms with Crippen molar-refractivity contribution in [3.05, 3.63) is 198 Å². The van der Waals surface area contributed by atoms with Gasteiger partial charge in [0.25, 0.3) is 6.71 Å². The molecule has 0 atom stereocenters. The molecule has 3 heteroatoms. The lowest BCUT2D eigenvalue weighted by Crippen LogP contribution is -2.59. The second-order valence-corrected chi connectivity index (χ2v) is 25.5. The van der Waals surface area contributed by atoms with Crippen LogP contribution in [-0.4, -0.2) is 15.8 Å². The summed E-state index contributed by atoms with van der Waals surface area (Å²) in [7, 11) is 0. The fourth-order valence-electron chi connectivity index (χ4n) is 12.3. The number of hydrogen-bond donors (Lipinski definition) is 0. The minimum Gasteiger partial charge on any atom is -0.310 e. The minimum absolute atomic E-state index is 0.0127. The van der Waals surface area contributed by atoms with Crippen LogP contribution in [0.15, 0.2) is 176 Å². The molecule has 0 bridgehead atoms. The van der Waals surface area contributed by atoms with Crippen LogP contribution in [0.25, 0.3) is 99.5 Å². The first-order chi connectivity index (χ1) is 34.7. The monoisotopic (exact) mass is 945 g/mol. The smallest absolute Gasteiger partial charge is 0.252 e. The first kappa shape index (κ1) is 45.5. The van der Waals surface area contributed by atoms with Crippen LogP contribution in [0.1, 0.15) is 105 Å². The summed E-state index contributed by atoms with van der Waals surface area (Å²) in [5.41, 5.74) is 27.3. The van der Waals surface area contributed by atoms with Gasteiger partial charge in [0.05, 0.1) is 11.0 Å². The summed E-state index contributed by atoms with van der Waals surface area (Å²) in [6.07, 6.45) is 0. The van der Waals surface area contributed by atoms with Gasteiger partial charge in [-0.3, -0.25) is 0 Å². The van der Waals surface area contributed by atoms with E-state index in [0.717, 1.165) is 0 Å². The van der Waals surface area contributed by atoms with E-state index in [4.69, 9.17) is 0 Å². The van der Waals surface area contributed by atoms with Gasteiger partial charge < -0.3 is 9.13 Å². The van der Waals surface area contributed by atoms with Crippen LogP contribution >= 0.6 is 0 Å². The number of aromatic nitrogens is 2. The molecule has 9 aromatic carbocycles. The van der Waals surface area contributed by atoms with Crippen molar-refractivity contribution in [1.82, 2.24) is 9.13 Å². The lowest BCUT2D eigenvalue weighted by Gasteiger charge is -2.34. The molecule has 0 N–H and O–H groups in total. The number of benzene rings is 9. The highest BCUT2D eigenvalue weighted by molar-refractivity contribution is 7.00. The molecule has 0 fully saturated rings. The molecule has 0 saturated heterocycles. The Balaban J connectivity index is 1.11. The average Bonchev–Trinajstić information content (AvgIpc) is 3.90. The second-order valence-electron chi connectivity index (χ2n) is 25.5. The first-order valence-electron chi connectivity index (χ1n) is 26.5. The minimum atomic E-state index is -0.0127. The fraction of sp³-hybridized carbons (Fsp3) is 0.229. The molecule has 2 aliphatic rings. The largest absolute Gasteiger partial charge is 0.310 e. The third-order valence-corrected chi connectivity index (χ3v) is 16.6. The predicted octanol–water partition coefficient (Wildman–Crippen LogP) is 16.9. The van der Waals surface area contributed by atoms with Crippen LogP contribution in [0.4, 0.5) is 0 Å². The Labute approximate surface area is 432 Å². The van der Waals surface area contributed by atoms with E-state index in [-0.39, 0.29) is 28.4 Å². The first-order valence-corrected chi connectivity index (χ1v) is 26.5. The number of fused-ring (bicyclic) bond motifs is 10. The van der Waals surface area contributed by atoms with Gasteiger partial charge in [-0.1, -0.05) is 210 Å². The Bertz CT molecular complexity index is 3790. The van der Waals surface area contributed by atoms with Crippen molar-refractivity contribution in [1.29, 1.82) is 0 Å². The van der Waals surface area contributed by atoms with Crippen LogP contribution in [-0.2, 0) is 21.7 Å². The van der Waals surface area contributed by atoms with E-state index in [0.29, 0.717) is 0 Å². The Kier molecular flexibility index (Phi) is 9.71. The van der Waals surface area contributed by atoms with Gasteiger partial charge in [0.15, 0.2) is 0 Å². The van der Waals surface area contributed by atoms with Crippen molar-refractivity contribution in [2.75, 3.05) is 0 Å². The summed E-state index contributed by atoms with van der Waals surface area (Å²) in [6.45, 7) is 27.5. The zero-order chi connectivity index (χ0) is 50.7. The zero-order valence-corrected chi connectivity index (χ0v) is 44.7. The molecule has 11 aromatic rings. The van der Waals surface area contributed by atoms with Gasteiger partial charge in [-0.15, -0.1) is 0 Å². The molecule has 0 aliphatic carbocycles. The summed E-state index contributed by atoms with van der Waals surface area (Å²) in [5.74, 6) is 0. The molecule has 0 saturated carbocycles. The summed E-state index contributed by atoms with van der Waals surface area (Å²) >= 11 is 0. The summed E-state index contributed by atoms with van der Waals surface area (Å²) in [4.78, 5) is 0. The molecule has 13 rings (SSSR count). The van der Waals surface area contributed by atoms with Gasteiger partial charge in [0.1, 0.15) is 0 Å². The second kappa shape index (κ2) is 15.6. The average molecular weight is 945 g/mol. The Morgan fingerprint density at radius 1 is 0.288 bits per heavy atom. The third kappa shape index (κ3) is 7.13. The van der Waals surface area contributed by atoms with E-state index in [2.05, 4.69) is 268 Å². The maximum absolute atomic E-state index is 2.61. The molecular formula is C70H65BN2. The maximum Gasteiger partial charge on any atom is 0.252 e. The lowest BCUT2D eigenvalue weighted by molar-refractivity contribution is 0.590. The molecule has 0 amide bonds. The molecular weight excluding hydrogens is 880 g/mol. The molecule has 0 spiro atoms. The van der Waals surface area contributed by atoms with E-state index < -0.39 is 0 Å².